The topological polar surface area (TPSA) is 17.1 Å². The normalized spacial score (nSPS) is 31.1. The van der Waals surface area contributed by atoms with Gasteiger partial charge in [0.25, 0.3) is 0 Å². The molecule has 3 aliphatic rings. The maximum absolute atomic E-state index is 13.2. The van der Waals surface area contributed by atoms with Crippen molar-refractivity contribution >= 4 is 5.78 Å². The molecule has 3 aliphatic carbocycles. The average molecular weight is 471 g/mol. The first-order valence-electron chi connectivity index (χ1n) is 14.8. The summed E-state index contributed by atoms with van der Waals surface area (Å²) in [5, 5.41) is 0. The molecule has 0 radical (unpaired) electrons. The molecule has 3 atom stereocenters. The quantitative estimate of drug-likeness (QED) is 0.375. The summed E-state index contributed by atoms with van der Waals surface area (Å²) in [5.74, 6) is 4.17. The summed E-state index contributed by atoms with van der Waals surface area (Å²) in [7, 11) is 0. The van der Waals surface area contributed by atoms with E-state index in [-0.39, 0.29) is 5.41 Å². The van der Waals surface area contributed by atoms with E-state index in [0.717, 1.165) is 56.3 Å². The van der Waals surface area contributed by atoms with Gasteiger partial charge in [-0.2, -0.15) is 0 Å². The lowest BCUT2D eigenvalue weighted by molar-refractivity contribution is -0.124. The number of benzene rings is 2. The largest absolute Gasteiger partial charge is 0.299 e. The highest BCUT2D eigenvalue weighted by Crippen LogP contribution is 2.52. The second-order valence-electron chi connectivity index (χ2n) is 12.4. The van der Waals surface area contributed by atoms with Crippen LogP contribution in [0.4, 0.5) is 0 Å². The van der Waals surface area contributed by atoms with Crippen LogP contribution in [0.2, 0.25) is 0 Å². The van der Waals surface area contributed by atoms with E-state index in [1.807, 2.05) is 0 Å². The molecule has 1 heteroatoms. The second-order valence-corrected chi connectivity index (χ2v) is 12.4. The maximum Gasteiger partial charge on any atom is 0.135 e. The Bertz CT molecular complexity index is 882. The van der Waals surface area contributed by atoms with Gasteiger partial charge < -0.3 is 0 Å². The summed E-state index contributed by atoms with van der Waals surface area (Å²) in [6.45, 7) is 2.47. The SMILES string of the molecule is CC1(C(c2ccccc2)c2ccccc2)CCC(C(=O)CCCC2CCCC3CCCCC32)CC1. The molecule has 3 fully saturated rings. The summed E-state index contributed by atoms with van der Waals surface area (Å²) in [6, 6.07) is 22.1. The van der Waals surface area contributed by atoms with Crippen LogP contribution in [0.1, 0.15) is 114 Å². The molecular weight excluding hydrogens is 424 g/mol. The fourth-order valence-electron chi connectivity index (χ4n) is 8.35. The summed E-state index contributed by atoms with van der Waals surface area (Å²) >= 11 is 0. The lowest BCUT2D eigenvalue weighted by Gasteiger charge is -2.43. The van der Waals surface area contributed by atoms with E-state index in [4.69, 9.17) is 0 Å². The minimum atomic E-state index is 0.206. The average Bonchev–Trinajstić information content (AvgIpc) is 2.90. The number of Topliss-reactive ketones (excluding diaryl/α,β-unsaturated/α-hetero) is 1. The first-order valence-corrected chi connectivity index (χ1v) is 14.8. The van der Waals surface area contributed by atoms with E-state index in [1.165, 1.54) is 62.5 Å². The van der Waals surface area contributed by atoms with E-state index in [0.29, 0.717) is 17.6 Å². The van der Waals surface area contributed by atoms with Crippen molar-refractivity contribution in [3.8, 4) is 0 Å². The van der Waals surface area contributed by atoms with Crippen LogP contribution in [-0.2, 0) is 4.79 Å². The van der Waals surface area contributed by atoms with E-state index in [1.54, 1.807) is 0 Å². The standard InChI is InChI=1S/C34H46O/c1-34(33(29-13-4-2-5-14-29)30-15-6-3-7-16-30)24-22-28(23-25-34)32(35)21-11-19-27-18-10-17-26-12-8-9-20-31(26)27/h2-7,13-16,26-28,31,33H,8-12,17-25H2,1H3. The number of carbonyl (C=O) groups is 1. The van der Waals surface area contributed by atoms with Gasteiger partial charge in [-0.1, -0.05) is 106 Å². The molecule has 2 aromatic carbocycles. The number of ketones is 1. The number of hydrogen-bond donors (Lipinski definition) is 0. The Morgan fingerprint density at radius 3 is 2.06 bits per heavy atom. The highest BCUT2D eigenvalue weighted by Gasteiger charge is 2.41. The molecule has 3 unspecified atom stereocenters. The highest BCUT2D eigenvalue weighted by atomic mass is 16.1. The number of fused-ring (bicyclic) bond motifs is 1. The molecule has 0 heterocycles. The van der Waals surface area contributed by atoms with Crippen molar-refractivity contribution in [3.05, 3.63) is 71.8 Å². The predicted octanol–water partition coefficient (Wildman–Crippen LogP) is 9.36. The Labute approximate surface area is 214 Å². The van der Waals surface area contributed by atoms with Crippen LogP contribution < -0.4 is 0 Å². The first-order chi connectivity index (χ1) is 17.1. The summed E-state index contributed by atoms with van der Waals surface area (Å²) in [6.07, 6.45) is 17.9. The first kappa shape index (κ1) is 24.8. The monoisotopic (exact) mass is 470 g/mol. The number of carbonyl (C=O) groups excluding carboxylic acids is 1. The predicted molar refractivity (Wildman–Crippen MR) is 146 cm³/mol. The lowest BCUT2D eigenvalue weighted by Crippen LogP contribution is -2.34. The second kappa shape index (κ2) is 11.4. The van der Waals surface area contributed by atoms with Gasteiger partial charge in [-0.25, -0.2) is 0 Å². The van der Waals surface area contributed by atoms with Crippen molar-refractivity contribution in [1.29, 1.82) is 0 Å². The van der Waals surface area contributed by atoms with Gasteiger partial charge in [0.05, 0.1) is 0 Å². The van der Waals surface area contributed by atoms with Gasteiger partial charge >= 0.3 is 0 Å². The lowest BCUT2D eigenvalue weighted by atomic mass is 9.60. The maximum atomic E-state index is 13.2. The summed E-state index contributed by atoms with van der Waals surface area (Å²) < 4.78 is 0. The minimum absolute atomic E-state index is 0.206. The van der Waals surface area contributed by atoms with Crippen LogP contribution in [0.5, 0.6) is 0 Å². The van der Waals surface area contributed by atoms with Gasteiger partial charge in [-0.3, -0.25) is 4.79 Å². The minimum Gasteiger partial charge on any atom is -0.299 e. The van der Waals surface area contributed by atoms with Crippen molar-refractivity contribution in [2.45, 2.75) is 103 Å². The molecule has 5 rings (SSSR count). The summed E-state index contributed by atoms with van der Waals surface area (Å²) in [4.78, 5) is 13.2. The third kappa shape index (κ3) is 5.76. The molecule has 2 aromatic rings. The fraction of sp³-hybridized carbons (Fsp3) is 0.618. The fourth-order valence-corrected chi connectivity index (χ4v) is 8.35. The van der Waals surface area contributed by atoms with Crippen molar-refractivity contribution in [3.63, 3.8) is 0 Å². The zero-order valence-electron chi connectivity index (χ0n) is 22.0. The molecule has 1 nitrogen and oxygen atoms in total. The highest BCUT2D eigenvalue weighted by molar-refractivity contribution is 5.81. The molecule has 0 bridgehead atoms. The zero-order chi connectivity index (χ0) is 24.1. The van der Waals surface area contributed by atoms with Crippen molar-refractivity contribution in [2.24, 2.45) is 29.1 Å². The number of rotatable bonds is 8. The Morgan fingerprint density at radius 1 is 0.800 bits per heavy atom. The van der Waals surface area contributed by atoms with Crippen LogP contribution in [0.3, 0.4) is 0 Å². The molecule has 0 N–H and O–H groups in total. The van der Waals surface area contributed by atoms with Gasteiger partial charge in [-0.05, 0) is 79.2 Å². The van der Waals surface area contributed by atoms with E-state index in [9.17, 15) is 4.79 Å². The van der Waals surface area contributed by atoms with Crippen LogP contribution in [0.15, 0.2) is 60.7 Å². The van der Waals surface area contributed by atoms with E-state index >= 15 is 0 Å². The van der Waals surface area contributed by atoms with Crippen LogP contribution in [0, 0.1) is 29.1 Å². The number of hydrogen-bond acceptors (Lipinski definition) is 1. The Kier molecular flexibility index (Phi) is 8.11. The van der Waals surface area contributed by atoms with E-state index < -0.39 is 0 Å². The molecule has 3 saturated carbocycles. The molecule has 0 aromatic heterocycles. The van der Waals surface area contributed by atoms with Crippen molar-refractivity contribution in [2.75, 3.05) is 0 Å². The van der Waals surface area contributed by atoms with Gasteiger partial charge in [0.2, 0.25) is 0 Å². The Morgan fingerprint density at radius 2 is 1.40 bits per heavy atom. The van der Waals surface area contributed by atoms with Crippen LogP contribution >= 0.6 is 0 Å². The molecule has 0 spiro atoms. The van der Waals surface area contributed by atoms with Crippen molar-refractivity contribution < 1.29 is 4.79 Å². The summed E-state index contributed by atoms with van der Waals surface area (Å²) in [5.41, 5.74) is 3.04. The third-order valence-electron chi connectivity index (χ3n) is 10.3. The van der Waals surface area contributed by atoms with Crippen molar-refractivity contribution in [1.82, 2.24) is 0 Å². The van der Waals surface area contributed by atoms with Crippen LogP contribution in [-0.4, -0.2) is 5.78 Å². The Balaban J connectivity index is 1.16. The van der Waals surface area contributed by atoms with Crippen LogP contribution in [0.25, 0.3) is 0 Å². The van der Waals surface area contributed by atoms with Gasteiger partial charge in [0.15, 0.2) is 0 Å². The van der Waals surface area contributed by atoms with E-state index in [2.05, 4.69) is 67.6 Å². The van der Waals surface area contributed by atoms with Gasteiger partial charge in [0, 0.05) is 18.3 Å². The molecule has 0 saturated heterocycles. The van der Waals surface area contributed by atoms with Gasteiger partial charge in [0.1, 0.15) is 5.78 Å². The zero-order valence-corrected chi connectivity index (χ0v) is 22.0. The molecule has 35 heavy (non-hydrogen) atoms. The molecule has 0 aliphatic heterocycles. The molecule has 0 amide bonds. The smallest absolute Gasteiger partial charge is 0.135 e. The van der Waals surface area contributed by atoms with Gasteiger partial charge in [-0.15, -0.1) is 0 Å². The molecular formula is C34H46O. The molecule has 188 valence electrons. The Hall–Kier alpha value is -1.89. The third-order valence-corrected chi connectivity index (χ3v) is 10.3.